The summed E-state index contributed by atoms with van der Waals surface area (Å²) in [6.07, 6.45) is 1.79. The summed E-state index contributed by atoms with van der Waals surface area (Å²) in [4.78, 5) is 6.05. The van der Waals surface area contributed by atoms with Crippen molar-refractivity contribution in [3.63, 3.8) is 0 Å². The average Bonchev–Trinajstić information content (AvgIpc) is 2.04. The first-order valence-electron chi connectivity index (χ1n) is 4.38. The Hall–Kier alpha value is -0.960. The van der Waals surface area contributed by atoms with E-state index in [2.05, 4.69) is 4.98 Å². The van der Waals surface area contributed by atoms with E-state index in [0.29, 0.717) is 6.54 Å². The predicted octanol–water partition coefficient (Wildman–Crippen LogP) is 1.79. The molecule has 1 heterocycles. The monoisotopic (exact) mass is 182 g/mol. The fourth-order valence-corrected chi connectivity index (χ4v) is 1.24. The van der Waals surface area contributed by atoms with Crippen LogP contribution in [0, 0.1) is 6.92 Å². The molecule has 0 aliphatic heterocycles. The third-order valence-corrected chi connectivity index (χ3v) is 1.88. The quantitative estimate of drug-likeness (QED) is 0.705. The van der Waals surface area contributed by atoms with Crippen LogP contribution in [0.3, 0.4) is 0 Å². The van der Waals surface area contributed by atoms with Crippen molar-refractivity contribution in [3.8, 4) is 0 Å². The number of aromatic nitrogens is 1. The first kappa shape index (κ1) is 10.1. The summed E-state index contributed by atoms with van der Waals surface area (Å²) in [5.41, 5.74) is 2.19. The zero-order chi connectivity index (χ0) is 9.68. The highest BCUT2D eigenvalue weighted by atomic mass is 19.1. The van der Waals surface area contributed by atoms with Crippen LogP contribution in [0.4, 0.5) is 4.39 Å². The molecule has 0 N–H and O–H groups in total. The van der Waals surface area contributed by atoms with Crippen molar-refractivity contribution in [1.29, 1.82) is 0 Å². The van der Waals surface area contributed by atoms with Crippen LogP contribution in [0.15, 0.2) is 18.3 Å². The number of alkyl halides is 1. The van der Waals surface area contributed by atoms with E-state index in [-0.39, 0.29) is 6.67 Å². The second-order valence-electron chi connectivity index (χ2n) is 3.23. The summed E-state index contributed by atoms with van der Waals surface area (Å²) in [5, 5.41) is 0. The molecule has 0 amide bonds. The normalized spacial score (nSPS) is 10.8. The van der Waals surface area contributed by atoms with Gasteiger partial charge in [0.1, 0.15) is 6.67 Å². The smallest absolute Gasteiger partial charge is 0.102 e. The molecule has 1 aromatic rings. The molecule has 0 atom stereocenters. The summed E-state index contributed by atoms with van der Waals surface area (Å²) >= 11 is 0. The average molecular weight is 182 g/mol. The Balaban J connectivity index is 2.53. The van der Waals surface area contributed by atoms with Crippen molar-refractivity contribution in [3.05, 3.63) is 29.6 Å². The fraction of sp³-hybridized carbons (Fsp3) is 0.500. The van der Waals surface area contributed by atoms with Crippen molar-refractivity contribution >= 4 is 0 Å². The summed E-state index contributed by atoms with van der Waals surface area (Å²) in [5.74, 6) is 0. The van der Waals surface area contributed by atoms with E-state index in [9.17, 15) is 4.39 Å². The molecule has 13 heavy (non-hydrogen) atoms. The molecule has 0 aliphatic carbocycles. The first-order chi connectivity index (χ1) is 6.22. The molecule has 0 spiro atoms. The topological polar surface area (TPSA) is 16.1 Å². The maximum absolute atomic E-state index is 12.0. The molecule has 1 aromatic heterocycles. The van der Waals surface area contributed by atoms with Crippen LogP contribution in [0.5, 0.6) is 0 Å². The molecular weight excluding hydrogens is 167 g/mol. The number of halogens is 1. The summed E-state index contributed by atoms with van der Waals surface area (Å²) in [6, 6.07) is 3.98. The van der Waals surface area contributed by atoms with E-state index in [1.165, 1.54) is 5.56 Å². The van der Waals surface area contributed by atoms with Gasteiger partial charge in [-0.3, -0.25) is 9.88 Å². The molecular formula is C10H15FN2. The van der Waals surface area contributed by atoms with E-state index in [1.807, 2.05) is 31.0 Å². The van der Waals surface area contributed by atoms with Crippen molar-refractivity contribution in [2.24, 2.45) is 0 Å². The lowest BCUT2D eigenvalue weighted by Gasteiger charge is -2.14. The Morgan fingerprint density at radius 3 is 2.92 bits per heavy atom. The molecule has 0 saturated heterocycles. The van der Waals surface area contributed by atoms with Gasteiger partial charge < -0.3 is 0 Å². The molecule has 2 nitrogen and oxygen atoms in total. The van der Waals surface area contributed by atoms with Crippen LogP contribution in [-0.4, -0.2) is 30.2 Å². The van der Waals surface area contributed by atoms with Gasteiger partial charge in [0.05, 0.1) is 0 Å². The maximum Gasteiger partial charge on any atom is 0.102 e. The van der Waals surface area contributed by atoms with Crippen LogP contribution < -0.4 is 0 Å². The Kier molecular flexibility index (Phi) is 3.83. The second-order valence-corrected chi connectivity index (χ2v) is 3.23. The van der Waals surface area contributed by atoms with Gasteiger partial charge in [-0.15, -0.1) is 0 Å². The van der Waals surface area contributed by atoms with E-state index in [4.69, 9.17) is 0 Å². The van der Waals surface area contributed by atoms with E-state index < -0.39 is 0 Å². The highest BCUT2D eigenvalue weighted by Crippen LogP contribution is 2.03. The van der Waals surface area contributed by atoms with E-state index in [1.54, 1.807) is 6.20 Å². The number of hydrogen-bond donors (Lipinski definition) is 0. The number of rotatable bonds is 4. The lowest BCUT2D eigenvalue weighted by Crippen LogP contribution is -2.20. The zero-order valence-electron chi connectivity index (χ0n) is 8.13. The predicted molar refractivity (Wildman–Crippen MR) is 51.3 cm³/mol. The standard InChI is InChI=1S/C10H15FN2/c1-9-7-10(3-5-12-9)8-13(2)6-4-11/h3,5,7H,4,6,8H2,1-2H3. The lowest BCUT2D eigenvalue weighted by atomic mass is 10.2. The Bertz CT molecular complexity index is 263. The summed E-state index contributed by atoms with van der Waals surface area (Å²) < 4.78 is 12.0. The molecule has 0 aliphatic rings. The van der Waals surface area contributed by atoms with Gasteiger partial charge in [-0.2, -0.15) is 0 Å². The zero-order valence-corrected chi connectivity index (χ0v) is 8.13. The van der Waals surface area contributed by atoms with Gasteiger partial charge in [0.2, 0.25) is 0 Å². The summed E-state index contributed by atoms with van der Waals surface area (Å²) in [6.45, 7) is 2.94. The Labute approximate surface area is 78.4 Å². The van der Waals surface area contributed by atoms with Crippen LogP contribution in [-0.2, 0) is 6.54 Å². The molecule has 0 aromatic carbocycles. The third-order valence-electron chi connectivity index (χ3n) is 1.88. The van der Waals surface area contributed by atoms with Crippen molar-refractivity contribution in [2.45, 2.75) is 13.5 Å². The van der Waals surface area contributed by atoms with Crippen LogP contribution in [0.25, 0.3) is 0 Å². The van der Waals surface area contributed by atoms with E-state index >= 15 is 0 Å². The fourth-order valence-electron chi connectivity index (χ4n) is 1.24. The van der Waals surface area contributed by atoms with Crippen LogP contribution in [0.2, 0.25) is 0 Å². The van der Waals surface area contributed by atoms with Crippen molar-refractivity contribution in [1.82, 2.24) is 9.88 Å². The van der Waals surface area contributed by atoms with Crippen LogP contribution in [0.1, 0.15) is 11.3 Å². The van der Waals surface area contributed by atoms with Gasteiger partial charge in [0.25, 0.3) is 0 Å². The number of aryl methyl sites for hydroxylation is 1. The van der Waals surface area contributed by atoms with Gasteiger partial charge in [-0.05, 0) is 31.7 Å². The first-order valence-corrected chi connectivity index (χ1v) is 4.38. The minimum atomic E-state index is -0.291. The lowest BCUT2D eigenvalue weighted by molar-refractivity contribution is 0.288. The largest absolute Gasteiger partial charge is 0.300 e. The molecule has 1 rings (SSSR count). The molecule has 0 bridgehead atoms. The van der Waals surface area contributed by atoms with Gasteiger partial charge in [0, 0.05) is 25.0 Å². The SMILES string of the molecule is Cc1cc(CN(C)CCF)ccn1. The van der Waals surface area contributed by atoms with Gasteiger partial charge in [0.15, 0.2) is 0 Å². The van der Waals surface area contributed by atoms with Gasteiger partial charge in [-0.1, -0.05) is 0 Å². The molecule has 72 valence electrons. The highest BCUT2D eigenvalue weighted by Gasteiger charge is 1.99. The van der Waals surface area contributed by atoms with Crippen molar-refractivity contribution in [2.75, 3.05) is 20.3 Å². The number of nitrogens with zero attached hydrogens (tertiary/aromatic N) is 2. The molecule has 0 radical (unpaired) electrons. The second kappa shape index (κ2) is 4.92. The minimum absolute atomic E-state index is 0.291. The van der Waals surface area contributed by atoms with E-state index in [0.717, 1.165) is 12.2 Å². The van der Waals surface area contributed by atoms with Gasteiger partial charge >= 0.3 is 0 Å². The maximum atomic E-state index is 12.0. The van der Waals surface area contributed by atoms with Gasteiger partial charge in [-0.25, -0.2) is 4.39 Å². The number of pyridine rings is 1. The highest BCUT2D eigenvalue weighted by molar-refractivity contribution is 5.14. The molecule has 0 saturated carbocycles. The van der Waals surface area contributed by atoms with Crippen molar-refractivity contribution < 1.29 is 4.39 Å². The summed E-state index contributed by atoms with van der Waals surface area (Å²) in [7, 11) is 1.91. The Morgan fingerprint density at radius 1 is 1.54 bits per heavy atom. The minimum Gasteiger partial charge on any atom is -0.300 e. The number of hydrogen-bond acceptors (Lipinski definition) is 2. The third kappa shape index (κ3) is 3.51. The Morgan fingerprint density at radius 2 is 2.31 bits per heavy atom. The molecule has 3 heteroatoms. The molecule has 0 unspecified atom stereocenters. The molecule has 0 fully saturated rings. The van der Waals surface area contributed by atoms with Crippen LogP contribution >= 0.6 is 0 Å².